The minimum absolute atomic E-state index is 0.114. The number of carbonyl (C=O) groups is 1. The molecule has 0 aliphatic carbocycles. The third kappa shape index (κ3) is 2.79. The summed E-state index contributed by atoms with van der Waals surface area (Å²) in [5, 5.41) is 6.85. The van der Waals surface area contributed by atoms with Crippen LogP contribution in [0.3, 0.4) is 0 Å². The van der Waals surface area contributed by atoms with Gasteiger partial charge in [0.25, 0.3) is 5.91 Å². The topological polar surface area (TPSA) is 46.9 Å². The Morgan fingerprint density at radius 2 is 2.28 bits per heavy atom. The second-order valence-corrected chi connectivity index (χ2v) is 4.93. The molecule has 0 bridgehead atoms. The molecule has 1 amide bonds. The lowest BCUT2D eigenvalue weighted by atomic mass is 10.1. The molecule has 0 radical (unpaired) electrons. The smallest absolute Gasteiger partial charge is 0.254 e. The predicted octanol–water partition coefficient (Wildman–Crippen LogP) is 2.42. The van der Waals surface area contributed by atoms with Gasteiger partial charge in [0.1, 0.15) is 0 Å². The van der Waals surface area contributed by atoms with Gasteiger partial charge in [0.15, 0.2) is 0 Å². The van der Waals surface area contributed by atoms with Gasteiger partial charge in [0, 0.05) is 24.3 Å². The molecule has 18 heavy (non-hydrogen) atoms. The van der Waals surface area contributed by atoms with Crippen molar-refractivity contribution in [3.8, 4) is 0 Å². The van der Waals surface area contributed by atoms with Crippen molar-refractivity contribution < 1.29 is 4.79 Å². The highest BCUT2D eigenvalue weighted by molar-refractivity contribution is 9.10. The molecular formula is C13H14BrN3O. The molecule has 1 N–H and O–H groups in total. The van der Waals surface area contributed by atoms with Gasteiger partial charge in [-0.2, -0.15) is 5.10 Å². The number of amides is 1. The molecule has 1 aromatic heterocycles. The summed E-state index contributed by atoms with van der Waals surface area (Å²) in [6.45, 7) is 2.52. The zero-order chi connectivity index (χ0) is 13.1. The number of aryl methyl sites for hydroxylation is 2. The Morgan fingerprint density at radius 1 is 1.50 bits per heavy atom. The van der Waals surface area contributed by atoms with Crippen LogP contribution in [-0.2, 0) is 13.6 Å². The molecule has 1 heterocycles. The van der Waals surface area contributed by atoms with Crippen LogP contribution in [0.1, 0.15) is 21.5 Å². The van der Waals surface area contributed by atoms with E-state index in [1.165, 1.54) is 0 Å². The van der Waals surface area contributed by atoms with Gasteiger partial charge in [-0.1, -0.05) is 34.1 Å². The summed E-state index contributed by atoms with van der Waals surface area (Å²) < 4.78 is 2.65. The summed E-state index contributed by atoms with van der Waals surface area (Å²) in [6.07, 6.45) is 3.25. The van der Waals surface area contributed by atoms with Crippen LogP contribution in [0.5, 0.6) is 0 Å². The molecule has 0 aliphatic heterocycles. The maximum absolute atomic E-state index is 11.8. The van der Waals surface area contributed by atoms with Crippen LogP contribution < -0.4 is 5.32 Å². The first kappa shape index (κ1) is 12.8. The van der Waals surface area contributed by atoms with Crippen molar-refractivity contribution in [3.63, 3.8) is 0 Å². The van der Waals surface area contributed by atoms with E-state index in [1.54, 1.807) is 24.1 Å². The molecule has 2 rings (SSSR count). The largest absolute Gasteiger partial charge is 0.348 e. The quantitative estimate of drug-likeness (QED) is 0.946. The van der Waals surface area contributed by atoms with Gasteiger partial charge in [-0.05, 0) is 18.1 Å². The molecule has 0 unspecified atom stereocenters. The molecule has 2 aromatic rings. The lowest BCUT2D eigenvalue weighted by Gasteiger charge is -2.08. The summed E-state index contributed by atoms with van der Waals surface area (Å²) in [6, 6.07) is 5.99. The fourth-order valence-corrected chi connectivity index (χ4v) is 2.07. The molecule has 0 atom stereocenters. The second kappa shape index (κ2) is 5.35. The maximum atomic E-state index is 11.8. The molecule has 94 valence electrons. The van der Waals surface area contributed by atoms with Crippen LogP contribution in [0.15, 0.2) is 35.1 Å². The Balaban J connectivity index is 2.04. The summed E-state index contributed by atoms with van der Waals surface area (Å²) in [7, 11) is 1.79. The van der Waals surface area contributed by atoms with E-state index in [0.29, 0.717) is 12.1 Å². The minimum atomic E-state index is -0.114. The number of hydrogen-bond donors (Lipinski definition) is 1. The molecule has 0 spiro atoms. The first-order chi connectivity index (χ1) is 8.58. The monoisotopic (exact) mass is 307 g/mol. The first-order valence-electron chi connectivity index (χ1n) is 5.59. The zero-order valence-electron chi connectivity index (χ0n) is 10.3. The summed E-state index contributed by atoms with van der Waals surface area (Å²) in [5.74, 6) is -0.114. The van der Waals surface area contributed by atoms with E-state index in [0.717, 1.165) is 15.6 Å². The second-order valence-electron chi connectivity index (χ2n) is 4.13. The van der Waals surface area contributed by atoms with E-state index in [2.05, 4.69) is 26.3 Å². The van der Waals surface area contributed by atoms with Crippen molar-refractivity contribution in [2.75, 3.05) is 0 Å². The summed E-state index contributed by atoms with van der Waals surface area (Å²) in [4.78, 5) is 11.8. The number of aromatic nitrogens is 2. The fraction of sp³-hybridized carbons (Fsp3) is 0.231. The summed E-state index contributed by atoms with van der Waals surface area (Å²) in [5.41, 5.74) is 2.79. The van der Waals surface area contributed by atoms with Gasteiger partial charge < -0.3 is 5.32 Å². The molecule has 5 heteroatoms. The standard InChI is InChI=1S/C13H14BrN3O/c1-9-4-3-5-10(12(9)14)6-15-13(18)11-7-16-17(2)8-11/h3-5,7-8H,6H2,1-2H3,(H,15,18). The Labute approximate surface area is 114 Å². The SMILES string of the molecule is Cc1cccc(CNC(=O)c2cnn(C)c2)c1Br. The Bertz CT molecular complexity index is 577. The fourth-order valence-electron chi connectivity index (χ4n) is 1.66. The van der Waals surface area contributed by atoms with Crippen molar-refractivity contribution in [2.24, 2.45) is 7.05 Å². The molecule has 1 aromatic carbocycles. The minimum Gasteiger partial charge on any atom is -0.348 e. The van der Waals surface area contributed by atoms with Gasteiger partial charge >= 0.3 is 0 Å². The Kier molecular flexibility index (Phi) is 3.81. The molecule has 0 saturated carbocycles. The average Bonchev–Trinajstić information content (AvgIpc) is 2.77. The van der Waals surface area contributed by atoms with Crippen LogP contribution in [0.4, 0.5) is 0 Å². The number of carbonyl (C=O) groups excluding carboxylic acids is 1. The van der Waals surface area contributed by atoms with Crippen molar-refractivity contribution in [1.29, 1.82) is 0 Å². The Hall–Kier alpha value is -1.62. The normalized spacial score (nSPS) is 10.4. The van der Waals surface area contributed by atoms with E-state index in [1.807, 2.05) is 25.1 Å². The van der Waals surface area contributed by atoms with Gasteiger partial charge in [-0.25, -0.2) is 0 Å². The highest BCUT2D eigenvalue weighted by Gasteiger charge is 2.08. The van der Waals surface area contributed by atoms with Crippen molar-refractivity contribution in [1.82, 2.24) is 15.1 Å². The molecule has 4 nitrogen and oxygen atoms in total. The van der Waals surface area contributed by atoms with E-state index in [4.69, 9.17) is 0 Å². The molecule has 0 fully saturated rings. The van der Waals surface area contributed by atoms with E-state index < -0.39 is 0 Å². The lowest BCUT2D eigenvalue weighted by molar-refractivity contribution is 0.0950. The third-order valence-electron chi connectivity index (χ3n) is 2.68. The number of rotatable bonds is 3. The molecule has 0 aliphatic rings. The predicted molar refractivity (Wildman–Crippen MR) is 73.3 cm³/mol. The van der Waals surface area contributed by atoms with Crippen LogP contribution in [0, 0.1) is 6.92 Å². The molecule has 0 saturated heterocycles. The van der Waals surface area contributed by atoms with E-state index >= 15 is 0 Å². The molecular weight excluding hydrogens is 294 g/mol. The van der Waals surface area contributed by atoms with E-state index in [9.17, 15) is 4.79 Å². The number of halogens is 1. The average molecular weight is 308 g/mol. The number of nitrogens with zero attached hydrogens (tertiary/aromatic N) is 2. The highest BCUT2D eigenvalue weighted by atomic mass is 79.9. The van der Waals surface area contributed by atoms with Crippen molar-refractivity contribution in [2.45, 2.75) is 13.5 Å². The van der Waals surface area contributed by atoms with Crippen LogP contribution >= 0.6 is 15.9 Å². The number of nitrogens with one attached hydrogen (secondary N) is 1. The zero-order valence-corrected chi connectivity index (χ0v) is 11.9. The first-order valence-corrected chi connectivity index (χ1v) is 6.38. The van der Waals surface area contributed by atoms with Crippen LogP contribution in [0.2, 0.25) is 0 Å². The lowest BCUT2D eigenvalue weighted by Crippen LogP contribution is -2.22. The van der Waals surface area contributed by atoms with Gasteiger partial charge in [-0.3, -0.25) is 9.48 Å². The number of benzene rings is 1. The summed E-state index contributed by atoms with van der Waals surface area (Å²) >= 11 is 3.52. The third-order valence-corrected chi connectivity index (χ3v) is 3.81. The highest BCUT2D eigenvalue weighted by Crippen LogP contribution is 2.20. The van der Waals surface area contributed by atoms with Gasteiger partial charge in [0.2, 0.25) is 0 Å². The van der Waals surface area contributed by atoms with Gasteiger partial charge in [0.05, 0.1) is 11.8 Å². The Morgan fingerprint density at radius 3 is 2.94 bits per heavy atom. The van der Waals surface area contributed by atoms with Gasteiger partial charge in [-0.15, -0.1) is 0 Å². The van der Waals surface area contributed by atoms with Crippen LogP contribution in [-0.4, -0.2) is 15.7 Å². The van der Waals surface area contributed by atoms with Crippen molar-refractivity contribution >= 4 is 21.8 Å². The maximum Gasteiger partial charge on any atom is 0.254 e. The van der Waals surface area contributed by atoms with Crippen molar-refractivity contribution in [3.05, 3.63) is 51.8 Å². The van der Waals surface area contributed by atoms with E-state index in [-0.39, 0.29) is 5.91 Å². The number of hydrogen-bond acceptors (Lipinski definition) is 2. The van der Waals surface area contributed by atoms with Crippen LogP contribution in [0.25, 0.3) is 0 Å².